The number of methoxy groups -OCH3 is 2. The van der Waals surface area contributed by atoms with E-state index in [4.69, 9.17) is 21.1 Å². The summed E-state index contributed by atoms with van der Waals surface area (Å²) >= 11 is 6.07. The van der Waals surface area contributed by atoms with Crippen LogP contribution in [-0.4, -0.2) is 32.1 Å². The Labute approximate surface area is 168 Å². The van der Waals surface area contributed by atoms with E-state index < -0.39 is 23.7 Å². The highest BCUT2D eigenvalue weighted by Crippen LogP contribution is 2.36. The zero-order chi connectivity index (χ0) is 20.8. The van der Waals surface area contributed by atoms with Crippen LogP contribution in [0, 0.1) is 11.7 Å². The largest absolute Gasteiger partial charge is 0.495 e. The van der Waals surface area contributed by atoms with E-state index in [0.717, 1.165) is 0 Å². The number of anilines is 1. The molecule has 2 amide bonds. The second-order valence-corrected chi connectivity index (χ2v) is 6.76. The number of rotatable bonds is 7. The first kappa shape index (κ1) is 21.5. The van der Waals surface area contributed by atoms with Crippen LogP contribution in [0.2, 0.25) is 5.02 Å². The monoisotopic (exact) mass is 408 g/mol. The van der Waals surface area contributed by atoms with E-state index in [1.54, 1.807) is 19.9 Å². The first-order chi connectivity index (χ1) is 13.3. The summed E-state index contributed by atoms with van der Waals surface area (Å²) in [6.07, 6.45) is 0. The van der Waals surface area contributed by atoms with Gasteiger partial charge in [0.2, 0.25) is 5.91 Å². The van der Waals surface area contributed by atoms with E-state index in [0.29, 0.717) is 22.2 Å². The van der Waals surface area contributed by atoms with Gasteiger partial charge in [0.15, 0.2) is 0 Å². The molecule has 0 aliphatic heterocycles. The van der Waals surface area contributed by atoms with Crippen LogP contribution < -0.4 is 20.1 Å². The minimum Gasteiger partial charge on any atom is -0.495 e. The van der Waals surface area contributed by atoms with Gasteiger partial charge in [-0.2, -0.15) is 0 Å². The molecule has 2 rings (SSSR count). The molecule has 2 aromatic rings. The van der Waals surface area contributed by atoms with Crippen molar-refractivity contribution in [1.29, 1.82) is 0 Å². The molecule has 0 unspecified atom stereocenters. The fourth-order valence-electron chi connectivity index (χ4n) is 2.57. The summed E-state index contributed by atoms with van der Waals surface area (Å²) in [6, 6.07) is 7.70. The normalized spacial score (nSPS) is 11.7. The number of hydrogen-bond acceptors (Lipinski definition) is 4. The molecule has 0 bridgehead atoms. The van der Waals surface area contributed by atoms with Crippen molar-refractivity contribution in [3.63, 3.8) is 0 Å². The number of hydrogen-bond donors (Lipinski definition) is 2. The van der Waals surface area contributed by atoms with Gasteiger partial charge in [-0.05, 0) is 18.1 Å². The van der Waals surface area contributed by atoms with E-state index in [2.05, 4.69) is 10.6 Å². The van der Waals surface area contributed by atoms with Gasteiger partial charge in [-0.1, -0.05) is 37.6 Å². The fraction of sp³-hybridized carbons (Fsp3) is 0.300. The maximum Gasteiger partial charge on any atom is 0.254 e. The number of carbonyl (C=O) groups excluding carboxylic acids is 2. The average molecular weight is 409 g/mol. The second-order valence-electron chi connectivity index (χ2n) is 6.35. The van der Waals surface area contributed by atoms with Crippen LogP contribution in [0.4, 0.5) is 10.1 Å². The van der Waals surface area contributed by atoms with E-state index in [-0.39, 0.29) is 11.5 Å². The Morgan fingerprint density at radius 3 is 2.29 bits per heavy atom. The number of ether oxygens (including phenoxy) is 2. The minimum absolute atomic E-state index is 0.133. The molecule has 0 saturated heterocycles. The third-order valence-electron chi connectivity index (χ3n) is 4.09. The van der Waals surface area contributed by atoms with E-state index >= 15 is 0 Å². The van der Waals surface area contributed by atoms with E-state index in [1.165, 1.54) is 44.6 Å². The lowest BCUT2D eigenvalue weighted by Gasteiger charge is -2.23. The molecule has 0 saturated carbocycles. The van der Waals surface area contributed by atoms with Crippen LogP contribution in [0.15, 0.2) is 36.4 Å². The lowest BCUT2D eigenvalue weighted by atomic mass is 10.0. The predicted octanol–water partition coefficient (Wildman–Crippen LogP) is 3.89. The van der Waals surface area contributed by atoms with Gasteiger partial charge in [-0.25, -0.2) is 4.39 Å². The zero-order valence-electron chi connectivity index (χ0n) is 16.0. The number of halogens is 2. The molecule has 28 heavy (non-hydrogen) atoms. The predicted molar refractivity (Wildman–Crippen MR) is 106 cm³/mol. The molecule has 0 aliphatic carbocycles. The fourth-order valence-corrected chi connectivity index (χ4v) is 2.80. The van der Waals surface area contributed by atoms with Crippen molar-refractivity contribution in [1.82, 2.24) is 5.32 Å². The quantitative estimate of drug-likeness (QED) is 0.728. The Morgan fingerprint density at radius 1 is 1.07 bits per heavy atom. The molecular weight excluding hydrogens is 387 g/mol. The molecule has 0 fully saturated rings. The molecule has 2 N–H and O–H groups in total. The van der Waals surface area contributed by atoms with Crippen molar-refractivity contribution >= 4 is 29.1 Å². The third-order valence-corrected chi connectivity index (χ3v) is 4.38. The van der Waals surface area contributed by atoms with Gasteiger partial charge in [0, 0.05) is 12.1 Å². The summed E-state index contributed by atoms with van der Waals surface area (Å²) in [4.78, 5) is 25.2. The maximum atomic E-state index is 13.9. The summed E-state index contributed by atoms with van der Waals surface area (Å²) in [5.74, 6) is -1.38. The SMILES string of the molecule is COc1cc(NC(=O)[C@@H](NC(=O)c2ccccc2F)C(C)C)c(OC)cc1Cl. The zero-order valence-corrected chi connectivity index (χ0v) is 16.8. The number of benzene rings is 2. The summed E-state index contributed by atoms with van der Waals surface area (Å²) in [5, 5.41) is 5.61. The van der Waals surface area contributed by atoms with Crippen LogP contribution in [0.25, 0.3) is 0 Å². The first-order valence-electron chi connectivity index (χ1n) is 8.56. The minimum atomic E-state index is -0.904. The van der Waals surface area contributed by atoms with Crippen LogP contribution in [0.3, 0.4) is 0 Å². The van der Waals surface area contributed by atoms with E-state index in [1.807, 2.05) is 0 Å². The molecule has 6 nitrogen and oxygen atoms in total. The number of nitrogens with one attached hydrogen (secondary N) is 2. The molecule has 0 spiro atoms. The van der Waals surface area contributed by atoms with Crippen molar-refractivity contribution in [2.24, 2.45) is 5.92 Å². The van der Waals surface area contributed by atoms with Crippen LogP contribution in [0.1, 0.15) is 24.2 Å². The Kier molecular flexibility index (Phi) is 7.23. The highest BCUT2D eigenvalue weighted by molar-refractivity contribution is 6.32. The molecule has 150 valence electrons. The summed E-state index contributed by atoms with van der Waals surface area (Å²) < 4.78 is 24.3. The van der Waals surface area contributed by atoms with Gasteiger partial charge in [0.05, 0.1) is 30.5 Å². The molecular formula is C20H22ClFN2O4. The van der Waals surface area contributed by atoms with Gasteiger partial charge in [-0.15, -0.1) is 0 Å². The molecule has 1 atom stereocenters. The van der Waals surface area contributed by atoms with Crippen molar-refractivity contribution in [2.45, 2.75) is 19.9 Å². The highest BCUT2D eigenvalue weighted by atomic mass is 35.5. The average Bonchev–Trinajstić information content (AvgIpc) is 2.66. The second kappa shape index (κ2) is 9.41. The molecule has 0 aromatic heterocycles. The maximum absolute atomic E-state index is 13.9. The van der Waals surface area contributed by atoms with Gasteiger partial charge in [0.25, 0.3) is 5.91 Å². The first-order valence-corrected chi connectivity index (χ1v) is 8.94. The summed E-state index contributed by atoms with van der Waals surface area (Å²) in [5.41, 5.74) is 0.200. The Morgan fingerprint density at radius 2 is 1.71 bits per heavy atom. The lowest BCUT2D eigenvalue weighted by molar-refractivity contribution is -0.118. The molecule has 0 radical (unpaired) electrons. The van der Waals surface area contributed by atoms with Gasteiger partial charge in [0.1, 0.15) is 23.4 Å². The third kappa shape index (κ3) is 4.92. The number of carbonyl (C=O) groups is 2. The van der Waals surface area contributed by atoms with Crippen molar-refractivity contribution in [3.05, 3.63) is 52.8 Å². The Hall–Kier alpha value is -2.80. The molecule has 2 aromatic carbocycles. The Balaban J connectivity index is 2.24. The molecule has 0 aliphatic rings. The molecule has 8 heteroatoms. The van der Waals surface area contributed by atoms with Crippen molar-refractivity contribution < 1.29 is 23.5 Å². The smallest absolute Gasteiger partial charge is 0.254 e. The topological polar surface area (TPSA) is 76.7 Å². The van der Waals surface area contributed by atoms with Gasteiger partial charge < -0.3 is 20.1 Å². The number of amides is 2. The van der Waals surface area contributed by atoms with E-state index in [9.17, 15) is 14.0 Å². The van der Waals surface area contributed by atoms with Crippen LogP contribution in [-0.2, 0) is 4.79 Å². The summed E-state index contributed by atoms with van der Waals surface area (Å²) in [7, 11) is 2.89. The van der Waals surface area contributed by atoms with Crippen molar-refractivity contribution in [2.75, 3.05) is 19.5 Å². The highest BCUT2D eigenvalue weighted by Gasteiger charge is 2.26. The lowest BCUT2D eigenvalue weighted by Crippen LogP contribution is -2.47. The van der Waals surface area contributed by atoms with Crippen LogP contribution in [0.5, 0.6) is 11.5 Å². The van der Waals surface area contributed by atoms with Crippen molar-refractivity contribution in [3.8, 4) is 11.5 Å². The standard InChI is InChI=1S/C20H22ClFN2O4/c1-11(2)18(24-19(25)12-7-5-6-8-14(12)22)20(26)23-15-10-16(27-3)13(21)9-17(15)28-4/h5-11,18H,1-4H3,(H,23,26)(H,24,25)/t18-/m0/s1. The molecule has 0 heterocycles. The van der Waals surface area contributed by atoms with Crippen LogP contribution >= 0.6 is 11.6 Å². The summed E-state index contributed by atoms with van der Waals surface area (Å²) in [6.45, 7) is 3.54. The van der Waals surface area contributed by atoms with Gasteiger partial charge in [-0.3, -0.25) is 9.59 Å². The Bertz CT molecular complexity index is 873. The van der Waals surface area contributed by atoms with Gasteiger partial charge >= 0.3 is 0 Å².